The number of hydrogen-bond acceptors (Lipinski definition) is 3. The van der Waals surface area contributed by atoms with Crippen molar-refractivity contribution >= 4 is 17.3 Å². The van der Waals surface area contributed by atoms with Gasteiger partial charge in [0.1, 0.15) is 0 Å². The average Bonchev–Trinajstić information content (AvgIpc) is 2.64. The van der Waals surface area contributed by atoms with Crippen LogP contribution < -0.4 is 11.1 Å². The summed E-state index contributed by atoms with van der Waals surface area (Å²) in [6, 6.07) is 5.65. The lowest BCUT2D eigenvalue weighted by Gasteiger charge is -2.30. The van der Waals surface area contributed by atoms with Gasteiger partial charge in [0.05, 0.1) is 17.9 Å². The first-order valence-electron chi connectivity index (χ1n) is 6.80. The first kappa shape index (κ1) is 13.9. The van der Waals surface area contributed by atoms with Crippen molar-refractivity contribution in [2.45, 2.75) is 39.2 Å². The zero-order chi connectivity index (χ0) is 14.0. The Bertz CT molecular complexity index is 462. The van der Waals surface area contributed by atoms with E-state index >= 15 is 0 Å². The fourth-order valence-corrected chi connectivity index (χ4v) is 2.67. The van der Waals surface area contributed by atoms with E-state index < -0.39 is 0 Å². The third-order valence-corrected chi connectivity index (χ3v) is 3.98. The molecule has 1 aromatic rings. The van der Waals surface area contributed by atoms with Crippen LogP contribution in [0.25, 0.3) is 0 Å². The molecule has 0 aliphatic carbocycles. The summed E-state index contributed by atoms with van der Waals surface area (Å²) in [5.74, 6) is 0.0102. The quantitative estimate of drug-likeness (QED) is 0.821. The third kappa shape index (κ3) is 3.07. The van der Waals surface area contributed by atoms with Crippen molar-refractivity contribution in [3.63, 3.8) is 0 Å². The Balaban J connectivity index is 2.02. The second-order valence-corrected chi connectivity index (χ2v) is 5.92. The highest BCUT2D eigenvalue weighted by Gasteiger charge is 2.32. The van der Waals surface area contributed by atoms with E-state index in [0.717, 1.165) is 30.6 Å². The van der Waals surface area contributed by atoms with Crippen molar-refractivity contribution < 1.29 is 4.79 Å². The van der Waals surface area contributed by atoms with Gasteiger partial charge in [-0.3, -0.25) is 9.69 Å². The molecule has 1 saturated heterocycles. The third-order valence-electron chi connectivity index (χ3n) is 3.98. The molecule has 1 aliphatic heterocycles. The number of nitrogens with two attached hydrogens (primary N) is 1. The summed E-state index contributed by atoms with van der Waals surface area (Å²) in [4.78, 5) is 14.4. The fraction of sp³-hybridized carbons (Fsp3) is 0.533. The minimum Gasteiger partial charge on any atom is -0.397 e. The lowest BCUT2D eigenvalue weighted by molar-refractivity contribution is -0.118. The first-order valence-corrected chi connectivity index (χ1v) is 6.80. The van der Waals surface area contributed by atoms with Crippen molar-refractivity contribution in [2.24, 2.45) is 0 Å². The number of carbonyl (C=O) groups excluding carboxylic acids is 1. The summed E-state index contributed by atoms with van der Waals surface area (Å²) < 4.78 is 0. The monoisotopic (exact) mass is 261 g/mol. The van der Waals surface area contributed by atoms with E-state index in [9.17, 15) is 4.79 Å². The second-order valence-electron chi connectivity index (χ2n) is 5.92. The lowest BCUT2D eigenvalue weighted by atomic mass is 10.0. The van der Waals surface area contributed by atoms with E-state index in [2.05, 4.69) is 24.1 Å². The molecule has 3 N–H and O–H groups in total. The molecule has 1 aliphatic rings. The number of likely N-dealkylation sites (tertiary alicyclic amines) is 1. The van der Waals surface area contributed by atoms with Crippen LogP contribution in [0.15, 0.2) is 18.2 Å². The first-order chi connectivity index (χ1) is 8.90. The van der Waals surface area contributed by atoms with Gasteiger partial charge in [-0.15, -0.1) is 0 Å². The van der Waals surface area contributed by atoms with Gasteiger partial charge in [-0.2, -0.15) is 0 Å². The summed E-state index contributed by atoms with van der Waals surface area (Å²) in [5, 5.41) is 2.94. The van der Waals surface area contributed by atoms with Crippen molar-refractivity contribution in [3.8, 4) is 0 Å². The van der Waals surface area contributed by atoms with E-state index in [-0.39, 0.29) is 11.4 Å². The van der Waals surface area contributed by atoms with Crippen LogP contribution in [0, 0.1) is 6.92 Å². The van der Waals surface area contributed by atoms with Gasteiger partial charge in [-0.05, 0) is 51.8 Å². The molecule has 1 amide bonds. The van der Waals surface area contributed by atoms with Crippen molar-refractivity contribution in [1.82, 2.24) is 4.90 Å². The number of rotatable bonds is 3. The molecule has 1 fully saturated rings. The van der Waals surface area contributed by atoms with Crippen LogP contribution in [0.1, 0.15) is 32.3 Å². The van der Waals surface area contributed by atoms with Crippen molar-refractivity contribution in [2.75, 3.05) is 24.1 Å². The van der Waals surface area contributed by atoms with Gasteiger partial charge in [0, 0.05) is 5.54 Å². The minimum atomic E-state index is 0.0102. The lowest BCUT2D eigenvalue weighted by Crippen LogP contribution is -2.43. The summed E-state index contributed by atoms with van der Waals surface area (Å²) in [5.41, 5.74) is 8.38. The SMILES string of the molecule is Cc1cccc(N)c1NC(=O)CN1CCCC1(C)C. The van der Waals surface area contributed by atoms with Crippen LogP contribution in [0.3, 0.4) is 0 Å². The van der Waals surface area contributed by atoms with Crippen LogP contribution in [-0.2, 0) is 4.79 Å². The number of hydrogen-bond donors (Lipinski definition) is 2. The molecule has 4 heteroatoms. The van der Waals surface area contributed by atoms with Crippen LogP contribution >= 0.6 is 0 Å². The molecule has 0 saturated carbocycles. The standard InChI is InChI=1S/C15H23N3O/c1-11-6-4-7-12(16)14(11)17-13(19)10-18-9-5-8-15(18,2)3/h4,6-7H,5,8-10,16H2,1-3H3,(H,17,19). The highest BCUT2D eigenvalue weighted by molar-refractivity contribution is 5.96. The Kier molecular flexibility index (Phi) is 3.80. The number of anilines is 2. The molecule has 0 unspecified atom stereocenters. The molecule has 0 bridgehead atoms. The maximum absolute atomic E-state index is 12.2. The van der Waals surface area contributed by atoms with Gasteiger partial charge in [0.15, 0.2) is 0 Å². The number of nitrogens with one attached hydrogen (secondary N) is 1. The number of para-hydroxylation sites is 1. The number of nitrogen functional groups attached to an aromatic ring is 1. The molecule has 0 spiro atoms. The Morgan fingerprint density at radius 2 is 2.21 bits per heavy atom. The van der Waals surface area contributed by atoms with Gasteiger partial charge < -0.3 is 11.1 Å². The maximum atomic E-state index is 12.2. The predicted octanol–water partition coefficient (Wildman–Crippen LogP) is 2.39. The zero-order valence-electron chi connectivity index (χ0n) is 12.0. The Labute approximate surface area is 115 Å². The van der Waals surface area contributed by atoms with Gasteiger partial charge >= 0.3 is 0 Å². The Morgan fingerprint density at radius 1 is 1.47 bits per heavy atom. The molecule has 104 valence electrons. The molecule has 2 rings (SSSR count). The van der Waals surface area contributed by atoms with Crippen molar-refractivity contribution in [3.05, 3.63) is 23.8 Å². The average molecular weight is 261 g/mol. The van der Waals surface area contributed by atoms with Gasteiger partial charge in [0.25, 0.3) is 0 Å². The summed E-state index contributed by atoms with van der Waals surface area (Å²) in [6.45, 7) is 7.75. The van der Waals surface area contributed by atoms with Gasteiger partial charge in [-0.25, -0.2) is 0 Å². The number of nitrogens with zero attached hydrogens (tertiary/aromatic N) is 1. The van der Waals surface area contributed by atoms with Crippen LogP contribution in [-0.4, -0.2) is 29.4 Å². The van der Waals surface area contributed by atoms with Crippen LogP contribution in [0.5, 0.6) is 0 Å². The van der Waals surface area contributed by atoms with E-state index in [4.69, 9.17) is 5.73 Å². The zero-order valence-corrected chi connectivity index (χ0v) is 12.0. The number of benzene rings is 1. The van der Waals surface area contributed by atoms with Gasteiger partial charge in [0.2, 0.25) is 5.91 Å². The molecule has 1 heterocycles. The molecule has 4 nitrogen and oxygen atoms in total. The smallest absolute Gasteiger partial charge is 0.238 e. The number of amides is 1. The fourth-order valence-electron chi connectivity index (χ4n) is 2.67. The summed E-state index contributed by atoms with van der Waals surface area (Å²) >= 11 is 0. The Morgan fingerprint density at radius 3 is 2.79 bits per heavy atom. The normalized spacial score (nSPS) is 18.5. The molecule has 0 atom stereocenters. The van der Waals surface area contributed by atoms with Crippen LogP contribution in [0.2, 0.25) is 0 Å². The number of carbonyl (C=O) groups is 1. The van der Waals surface area contributed by atoms with E-state index in [1.54, 1.807) is 0 Å². The second kappa shape index (κ2) is 5.21. The summed E-state index contributed by atoms with van der Waals surface area (Å²) in [6.07, 6.45) is 2.31. The molecule has 0 radical (unpaired) electrons. The highest BCUT2D eigenvalue weighted by atomic mass is 16.2. The predicted molar refractivity (Wildman–Crippen MR) is 79.1 cm³/mol. The van der Waals surface area contributed by atoms with E-state index in [1.807, 2.05) is 25.1 Å². The van der Waals surface area contributed by atoms with Crippen LogP contribution in [0.4, 0.5) is 11.4 Å². The number of aryl methyl sites for hydroxylation is 1. The van der Waals surface area contributed by atoms with E-state index in [1.165, 1.54) is 0 Å². The molecular formula is C15H23N3O. The van der Waals surface area contributed by atoms with E-state index in [0.29, 0.717) is 12.2 Å². The highest BCUT2D eigenvalue weighted by Crippen LogP contribution is 2.28. The summed E-state index contributed by atoms with van der Waals surface area (Å²) in [7, 11) is 0. The largest absolute Gasteiger partial charge is 0.397 e. The minimum absolute atomic E-state index is 0.0102. The maximum Gasteiger partial charge on any atom is 0.238 e. The molecular weight excluding hydrogens is 238 g/mol. The molecule has 19 heavy (non-hydrogen) atoms. The topological polar surface area (TPSA) is 58.4 Å². The van der Waals surface area contributed by atoms with Gasteiger partial charge in [-0.1, -0.05) is 12.1 Å². The van der Waals surface area contributed by atoms with Crippen molar-refractivity contribution in [1.29, 1.82) is 0 Å². The molecule has 0 aromatic heterocycles. The molecule has 1 aromatic carbocycles. The Hall–Kier alpha value is -1.55.